The Kier molecular flexibility index (Phi) is 6.33. The third kappa shape index (κ3) is 5.80. The lowest BCUT2D eigenvalue weighted by atomic mass is 10.2. The van der Waals surface area contributed by atoms with Crippen LogP contribution in [0.15, 0.2) is 53.6 Å². The zero-order valence-corrected chi connectivity index (χ0v) is 13.6. The van der Waals surface area contributed by atoms with Crippen LogP contribution in [0.25, 0.3) is 0 Å². The molecule has 0 heterocycles. The molecule has 5 nitrogen and oxygen atoms in total. The predicted molar refractivity (Wildman–Crippen MR) is 89.8 cm³/mol. The first-order valence-corrected chi connectivity index (χ1v) is 7.55. The molecule has 0 aliphatic heterocycles. The van der Waals surface area contributed by atoms with Gasteiger partial charge in [-0.3, -0.25) is 9.59 Å². The van der Waals surface area contributed by atoms with E-state index in [4.69, 9.17) is 0 Å². The van der Waals surface area contributed by atoms with E-state index in [1.807, 2.05) is 0 Å². The molecule has 0 saturated heterocycles. The minimum atomic E-state index is -0.691. The normalized spacial score (nSPS) is 11.1. The molecule has 25 heavy (non-hydrogen) atoms. The van der Waals surface area contributed by atoms with Gasteiger partial charge in [0.2, 0.25) is 5.91 Å². The van der Waals surface area contributed by atoms with Crippen molar-refractivity contribution in [1.82, 2.24) is 10.7 Å². The Hall–Kier alpha value is -3.09. The van der Waals surface area contributed by atoms with Crippen molar-refractivity contribution in [1.29, 1.82) is 0 Å². The monoisotopic (exact) mass is 345 g/mol. The number of carbonyl (C=O) groups excluding carboxylic acids is 2. The van der Waals surface area contributed by atoms with Crippen LogP contribution in [0.3, 0.4) is 0 Å². The Bertz CT molecular complexity index is 789. The third-order valence-electron chi connectivity index (χ3n) is 3.29. The van der Waals surface area contributed by atoms with Crippen LogP contribution >= 0.6 is 0 Å². The molecule has 2 amide bonds. The molecule has 0 radical (unpaired) electrons. The summed E-state index contributed by atoms with van der Waals surface area (Å²) in [5.41, 5.74) is 3.21. The minimum Gasteiger partial charge on any atom is -0.352 e. The van der Waals surface area contributed by atoms with Gasteiger partial charge in [-0.05, 0) is 36.8 Å². The summed E-state index contributed by atoms with van der Waals surface area (Å²) in [5, 5.41) is 6.45. The molecule has 2 rings (SSSR count). The summed E-state index contributed by atoms with van der Waals surface area (Å²) < 4.78 is 26.3. The van der Waals surface area contributed by atoms with Crippen molar-refractivity contribution in [2.75, 3.05) is 0 Å². The second kappa shape index (κ2) is 8.68. The van der Waals surface area contributed by atoms with Gasteiger partial charge in [0.1, 0.15) is 11.6 Å². The highest BCUT2D eigenvalue weighted by Gasteiger charge is 2.10. The minimum absolute atomic E-state index is 0.0290. The lowest BCUT2D eigenvalue weighted by molar-refractivity contribution is -0.120. The maximum absolute atomic E-state index is 13.5. The number of rotatable bonds is 6. The van der Waals surface area contributed by atoms with Gasteiger partial charge in [-0.25, -0.2) is 14.2 Å². The van der Waals surface area contributed by atoms with E-state index in [1.165, 1.54) is 36.4 Å². The second-order valence-corrected chi connectivity index (χ2v) is 5.35. The molecule has 130 valence electrons. The molecule has 7 heteroatoms. The van der Waals surface area contributed by atoms with Crippen molar-refractivity contribution < 1.29 is 18.4 Å². The zero-order chi connectivity index (χ0) is 18.2. The predicted octanol–water partition coefficient (Wildman–Crippen LogP) is 2.78. The number of nitrogens with one attached hydrogen (secondary N) is 2. The standard InChI is InChI=1S/C18H17F2N3O2/c1-12(22-23-18(25)15-4-2-3-5-16(15)20)10-17(24)21-11-13-6-8-14(19)9-7-13/h2-9H,10-11H2,1H3,(H,21,24)(H,23,25). The molecular weight excluding hydrogens is 328 g/mol. The molecule has 2 aromatic rings. The number of benzene rings is 2. The molecule has 0 saturated carbocycles. The van der Waals surface area contributed by atoms with Gasteiger partial charge in [0.15, 0.2) is 0 Å². The number of hydrogen-bond donors (Lipinski definition) is 2. The van der Waals surface area contributed by atoms with Crippen molar-refractivity contribution in [2.45, 2.75) is 19.9 Å². The maximum atomic E-state index is 13.5. The number of hydrazone groups is 1. The van der Waals surface area contributed by atoms with Crippen LogP contribution in [0.5, 0.6) is 0 Å². The van der Waals surface area contributed by atoms with E-state index in [-0.39, 0.29) is 30.3 Å². The Balaban J connectivity index is 1.82. The van der Waals surface area contributed by atoms with Crippen LogP contribution in [0.1, 0.15) is 29.3 Å². The molecule has 0 bridgehead atoms. The summed E-state index contributed by atoms with van der Waals surface area (Å²) in [5.74, 6) is -1.98. The topological polar surface area (TPSA) is 70.6 Å². The highest BCUT2D eigenvalue weighted by molar-refractivity contribution is 6.01. The first kappa shape index (κ1) is 18.3. The summed E-state index contributed by atoms with van der Waals surface area (Å²) in [6.45, 7) is 1.83. The van der Waals surface area contributed by atoms with E-state index >= 15 is 0 Å². The van der Waals surface area contributed by atoms with Crippen LogP contribution in [-0.2, 0) is 11.3 Å². The van der Waals surface area contributed by atoms with Crippen molar-refractivity contribution >= 4 is 17.5 Å². The zero-order valence-electron chi connectivity index (χ0n) is 13.6. The smallest absolute Gasteiger partial charge is 0.274 e. The fraction of sp³-hybridized carbons (Fsp3) is 0.167. The van der Waals surface area contributed by atoms with E-state index < -0.39 is 11.7 Å². The number of halogens is 2. The first-order chi connectivity index (χ1) is 12.0. The van der Waals surface area contributed by atoms with Gasteiger partial charge in [0.25, 0.3) is 5.91 Å². The third-order valence-corrected chi connectivity index (χ3v) is 3.29. The molecule has 0 unspecified atom stereocenters. The maximum Gasteiger partial charge on any atom is 0.274 e. The van der Waals surface area contributed by atoms with Crippen LogP contribution < -0.4 is 10.7 Å². The largest absolute Gasteiger partial charge is 0.352 e. The SMILES string of the molecule is CC(CC(=O)NCc1ccc(F)cc1)=NNC(=O)c1ccccc1F. The van der Waals surface area contributed by atoms with E-state index in [0.29, 0.717) is 5.71 Å². The van der Waals surface area contributed by atoms with Gasteiger partial charge in [0.05, 0.1) is 12.0 Å². The summed E-state index contributed by atoms with van der Waals surface area (Å²) in [4.78, 5) is 23.6. The number of hydrogen-bond acceptors (Lipinski definition) is 3. The van der Waals surface area contributed by atoms with Crippen LogP contribution in [-0.4, -0.2) is 17.5 Å². The Morgan fingerprint density at radius 1 is 1.04 bits per heavy atom. The Morgan fingerprint density at radius 2 is 1.72 bits per heavy atom. The van der Waals surface area contributed by atoms with Crippen LogP contribution in [0, 0.1) is 11.6 Å². The molecule has 0 fully saturated rings. The van der Waals surface area contributed by atoms with E-state index in [9.17, 15) is 18.4 Å². The van der Waals surface area contributed by atoms with Crippen LogP contribution in [0.4, 0.5) is 8.78 Å². The molecule has 0 aromatic heterocycles. The van der Waals surface area contributed by atoms with Gasteiger partial charge in [-0.1, -0.05) is 24.3 Å². The summed E-state index contributed by atoms with van der Waals surface area (Å²) in [6, 6.07) is 11.3. The van der Waals surface area contributed by atoms with Crippen molar-refractivity contribution in [3.8, 4) is 0 Å². The van der Waals surface area contributed by atoms with E-state index in [0.717, 1.165) is 5.56 Å². The van der Waals surface area contributed by atoms with Crippen molar-refractivity contribution in [2.24, 2.45) is 5.10 Å². The van der Waals surface area contributed by atoms with E-state index in [2.05, 4.69) is 15.8 Å². The van der Waals surface area contributed by atoms with Gasteiger partial charge in [-0.15, -0.1) is 0 Å². The fourth-order valence-electron chi connectivity index (χ4n) is 1.99. The van der Waals surface area contributed by atoms with Gasteiger partial charge >= 0.3 is 0 Å². The first-order valence-electron chi connectivity index (χ1n) is 7.55. The summed E-state index contributed by atoms with van der Waals surface area (Å²) >= 11 is 0. The van der Waals surface area contributed by atoms with Gasteiger partial charge < -0.3 is 5.32 Å². The average molecular weight is 345 g/mol. The molecule has 0 aliphatic carbocycles. The van der Waals surface area contributed by atoms with Gasteiger partial charge in [0, 0.05) is 12.3 Å². The number of amides is 2. The molecular formula is C18H17F2N3O2. The quantitative estimate of drug-likeness (QED) is 0.624. The summed E-state index contributed by atoms with van der Waals surface area (Å²) in [6.07, 6.45) is -0.0290. The highest BCUT2D eigenvalue weighted by atomic mass is 19.1. The van der Waals surface area contributed by atoms with Crippen molar-refractivity contribution in [3.05, 3.63) is 71.3 Å². The van der Waals surface area contributed by atoms with Crippen LogP contribution in [0.2, 0.25) is 0 Å². The summed E-state index contributed by atoms with van der Waals surface area (Å²) in [7, 11) is 0. The van der Waals surface area contributed by atoms with E-state index in [1.54, 1.807) is 19.1 Å². The Morgan fingerprint density at radius 3 is 2.40 bits per heavy atom. The number of nitrogens with zero attached hydrogens (tertiary/aromatic N) is 1. The molecule has 0 atom stereocenters. The lowest BCUT2D eigenvalue weighted by Gasteiger charge is -2.06. The molecule has 0 spiro atoms. The number of carbonyl (C=O) groups is 2. The Labute approximate surface area is 143 Å². The fourth-order valence-corrected chi connectivity index (χ4v) is 1.99. The average Bonchev–Trinajstić information content (AvgIpc) is 2.59. The van der Waals surface area contributed by atoms with Crippen molar-refractivity contribution in [3.63, 3.8) is 0 Å². The van der Waals surface area contributed by atoms with Gasteiger partial charge in [-0.2, -0.15) is 5.10 Å². The highest BCUT2D eigenvalue weighted by Crippen LogP contribution is 2.06. The molecule has 0 aliphatic rings. The lowest BCUT2D eigenvalue weighted by Crippen LogP contribution is -2.26. The second-order valence-electron chi connectivity index (χ2n) is 5.35. The molecule has 2 aromatic carbocycles. The molecule has 2 N–H and O–H groups in total.